The first kappa shape index (κ1) is 24.2. The van der Waals surface area contributed by atoms with E-state index < -0.39 is 24.2 Å². The predicted molar refractivity (Wildman–Crippen MR) is 116 cm³/mol. The number of ether oxygens (including phenoxy) is 1. The highest BCUT2D eigenvalue weighted by atomic mass is 32.2. The van der Waals surface area contributed by atoms with Gasteiger partial charge in [-0.3, -0.25) is 4.79 Å². The number of hydrogen-bond donors (Lipinski definition) is 1. The van der Waals surface area contributed by atoms with Gasteiger partial charge in [-0.15, -0.1) is 0 Å². The number of amides is 1. The summed E-state index contributed by atoms with van der Waals surface area (Å²) in [7, 11) is 0. The number of nitrogens with zero attached hydrogens (tertiary/aromatic N) is 2. The van der Waals surface area contributed by atoms with Gasteiger partial charge in [-0.25, -0.2) is 4.79 Å². The topological polar surface area (TPSA) is 84.1 Å². The zero-order chi connectivity index (χ0) is 23.0. The Morgan fingerprint density at radius 1 is 1.32 bits per heavy atom. The number of halogens is 2. The number of hydrogen-bond acceptors (Lipinski definition) is 5. The minimum absolute atomic E-state index is 0.188. The van der Waals surface area contributed by atoms with Crippen molar-refractivity contribution in [3.05, 3.63) is 52.9 Å². The summed E-state index contributed by atoms with van der Waals surface area (Å²) in [6, 6.07) is 9.75. The Balaban J connectivity index is 2.05. The van der Waals surface area contributed by atoms with Crippen LogP contribution in [0.3, 0.4) is 0 Å². The maximum absolute atomic E-state index is 12.6. The normalized spacial score (nSPS) is 11.3. The summed E-state index contributed by atoms with van der Waals surface area (Å²) in [6.45, 7) is 6.07. The molecule has 0 unspecified atom stereocenters. The zero-order valence-corrected chi connectivity index (χ0v) is 18.3. The second-order valence-corrected chi connectivity index (χ2v) is 7.68. The minimum atomic E-state index is -2.64. The SMILES string of the molecule is CCCn1c(C)cc(/C=C(/C#N)C(=O)OCC(=O)Nc2ccccc2SC(F)F)c1C. The summed E-state index contributed by atoms with van der Waals surface area (Å²) < 4.78 is 32.3. The number of carbonyl (C=O) groups excluding carboxylic acids is 2. The molecule has 0 radical (unpaired) electrons. The van der Waals surface area contributed by atoms with Crippen LogP contribution in [0.25, 0.3) is 6.08 Å². The standard InChI is InChI=1S/C22H23F2N3O3S/c1-4-9-27-14(2)10-16(15(27)3)11-17(12-25)21(29)30-13-20(28)26-18-7-5-6-8-19(18)31-22(23)24/h5-8,10-11,22H,4,9,13H2,1-3H3,(H,26,28)/b17-11-. The Hall–Kier alpha value is -3.12. The number of anilines is 1. The lowest BCUT2D eigenvalue weighted by Crippen LogP contribution is -2.21. The molecule has 0 spiro atoms. The molecule has 0 bridgehead atoms. The number of alkyl halides is 2. The lowest BCUT2D eigenvalue weighted by atomic mass is 10.1. The summed E-state index contributed by atoms with van der Waals surface area (Å²) >= 11 is 0.299. The molecule has 0 fully saturated rings. The summed E-state index contributed by atoms with van der Waals surface area (Å²) in [6.07, 6.45) is 2.38. The second-order valence-electron chi connectivity index (χ2n) is 6.65. The van der Waals surface area contributed by atoms with Crippen LogP contribution >= 0.6 is 11.8 Å². The molecule has 1 aromatic carbocycles. The van der Waals surface area contributed by atoms with Gasteiger partial charge < -0.3 is 14.6 Å². The van der Waals surface area contributed by atoms with Gasteiger partial charge in [0, 0.05) is 22.8 Å². The van der Waals surface area contributed by atoms with E-state index >= 15 is 0 Å². The highest BCUT2D eigenvalue weighted by molar-refractivity contribution is 7.99. The molecule has 0 saturated carbocycles. The van der Waals surface area contributed by atoms with Gasteiger partial charge in [-0.2, -0.15) is 14.0 Å². The van der Waals surface area contributed by atoms with Crippen LogP contribution in [0, 0.1) is 25.2 Å². The number of aryl methyl sites for hydroxylation is 1. The molecule has 1 aromatic heterocycles. The maximum atomic E-state index is 12.6. The number of benzene rings is 1. The quantitative estimate of drug-likeness (QED) is 0.255. The fraction of sp³-hybridized carbons (Fsp3) is 0.318. The predicted octanol–water partition coefficient (Wildman–Crippen LogP) is 4.92. The van der Waals surface area contributed by atoms with Crippen LogP contribution < -0.4 is 5.32 Å². The van der Waals surface area contributed by atoms with Crippen molar-refractivity contribution in [2.75, 3.05) is 11.9 Å². The first-order valence-electron chi connectivity index (χ1n) is 9.56. The van der Waals surface area contributed by atoms with Crippen LogP contribution in [0.4, 0.5) is 14.5 Å². The molecule has 0 aliphatic rings. The lowest BCUT2D eigenvalue weighted by Gasteiger charge is -2.10. The number of esters is 1. The van der Waals surface area contributed by atoms with Gasteiger partial charge in [0.05, 0.1) is 5.69 Å². The van der Waals surface area contributed by atoms with Crippen molar-refractivity contribution in [2.24, 2.45) is 0 Å². The van der Waals surface area contributed by atoms with E-state index in [1.165, 1.54) is 18.2 Å². The average Bonchev–Trinajstić information content (AvgIpc) is 2.99. The fourth-order valence-corrected chi connectivity index (χ4v) is 3.59. The molecule has 0 saturated heterocycles. The molecule has 1 amide bonds. The number of aromatic nitrogens is 1. The molecule has 1 heterocycles. The Bertz CT molecular complexity index is 1030. The van der Waals surface area contributed by atoms with Crippen LogP contribution in [0.5, 0.6) is 0 Å². The summed E-state index contributed by atoms with van der Waals surface area (Å²) in [5.41, 5.74) is 2.61. The van der Waals surface area contributed by atoms with Crippen molar-refractivity contribution >= 4 is 35.4 Å². The average molecular weight is 448 g/mol. The van der Waals surface area contributed by atoms with E-state index in [-0.39, 0.29) is 16.2 Å². The Labute approximate surface area is 183 Å². The first-order chi connectivity index (χ1) is 14.8. The summed E-state index contributed by atoms with van der Waals surface area (Å²) in [4.78, 5) is 24.6. The maximum Gasteiger partial charge on any atom is 0.349 e. The largest absolute Gasteiger partial charge is 0.451 e. The van der Waals surface area contributed by atoms with E-state index in [0.717, 1.165) is 29.9 Å². The van der Waals surface area contributed by atoms with E-state index in [0.29, 0.717) is 11.8 Å². The molecule has 0 aliphatic carbocycles. The fourth-order valence-electron chi connectivity index (χ4n) is 3.00. The van der Waals surface area contributed by atoms with Gasteiger partial charge in [0.1, 0.15) is 11.6 Å². The number of rotatable bonds is 9. The molecule has 9 heteroatoms. The molecule has 1 N–H and O–H groups in total. The van der Waals surface area contributed by atoms with Crippen molar-refractivity contribution < 1.29 is 23.1 Å². The molecule has 0 aliphatic heterocycles. The van der Waals surface area contributed by atoms with Crippen molar-refractivity contribution in [3.8, 4) is 6.07 Å². The molecule has 0 atom stereocenters. The number of nitriles is 1. The zero-order valence-electron chi connectivity index (χ0n) is 17.4. The van der Waals surface area contributed by atoms with Gasteiger partial charge in [0.25, 0.3) is 11.7 Å². The Morgan fingerprint density at radius 3 is 2.68 bits per heavy atom. The van der Waals surface area contributed by atoms with Crippen molar-refractivity contribution in [1.29, 1.82) is 5.26 Å². The molecule has 164 valence electrons. The third-order valence-electron chi connectivity index (χ3n) is 4.41. The number of para-hydroxylation sites is 1. The first-order valence-corrected chi connectivity index (χ1v) is 10.4. The molecule has 2 rings (SSSR count). The van der Waals surface area contributed by atoms with Gasteiger partial charge in [-0.1, -0.05) is 30.8 Å². The van der Waals surface area contributed by atoms with Gasteiger partial charge in [0.2, 0.25) is 0 Å². The molecular weight excluding hydrogens is 424 g/mol. The van der Waals surface area contributed by atoms with Gasteiger partial charge >= 0.3 is 5.97 Å². The smallest absolute Gasteiger partial charge is 0.349 e. The van der Waals surface area contributed by atoms with E-state index in [4.69, 9.17) is 4.74 Å². The highest BCUT2D eigenvalue weighted by Gasteiger charge is 2.17. The number of nitrogens with one attached hydrogen (secondary N) is 1. The molecule has 6 nitrogen and oxygen atoms in total. The van der Waals surface area contributed by atoms with Crippen molar-refractivity contribution in [3.63, 3.8) is 0 Å². The number of thioether (sulfide) groups is 1. The Morgan fingerprint density at radius 2 is 2.03 bits per heavy atom. The summed E-state index contributed by atoms with van der Waals surface area (Å²) in [5, 5.41) is 11.8. The number of carbonyl (C=O) groups is 2. The van der Waals surface area contributed by atoms with E-state index in [1.54, 1.807) is 18.2 Å². The van der Waals surface area contributed by atoms with Gasteiger partial charge in [0.15, 0.2) is 6.61 Å². The Kier molecular flexibility index (Phi) is 8.82. The van der Waals surface area contributed by atoms with Crippen LogP contribution in [-0.4, -0.2) is 28.8 Å². The van der Waals surface area contributed by atoms with Crippen LogP contribution in [-0.2, 0) is 20.9 Å². The second kappa shape index (κ2) is 11.3. The monoisotopic (exact) mass is 447 g/mol. The highest BCUT2D eigenvalue weighted by Crippen LogP contribution is 2.31. The molecule has 2 aromatic rings. The van der Waals surface area contributed by atoms with Gasteiger partial charge in [-0.05, 0) is 50.1 Å². The van der Waals surface area contributed by atoms with E-state index in [2.05, 4.69) is 16.8 Å². The van der Waals surface area contributed by atoms with Crippen molar-refractivity contribution in [2.45, 2.75) is 44.4 Å². The van der Waals surface area contributed by atoms with Crippen LogP contribution in [0.15, 0.2) is 40.8 Å². The van der Waals surface area contributed by atoms with E-state index in [9.17, 15) is 23.6 Å². The summed E-state index contributed by atoms with van der Waals surface area (Å²) in [5.74, 6) is -4.28. The third-order valence-corrected chi connectivity index (χ3v) is 5.20. The van der Waals surface area contributed by atoms with E-state index in [1.807, 2.05) is 19.9 Å². The molecule has 31 heavy (non-hydrogen) atoms. The minimum Gasteiger partial charge on any atom is -0.451 e. The van der Waals surface area contributed by atoms with Crippen LogP contribution in [0.1, 0.15) is 30.3 Å². The third kappa shape index (κ3) is 6.69. The lowest BCUT2D eigenvalue weighted by molar-refractivity contribution is -0.142. The van der Waals surface area contributed by atoms with Crippen LogP contribution in [0.2, 0.25) is 0 Å². The molecular formula is C22H23F2N3O3S. The van der Waals surface area contributed by atoms with Crippen molar-refractivity contribution in [1.82, 2.24) is 4.57 Å².